The van der Waals surface area contributed by atoms with E-state index < -0.39 is 21.9 Å². The van der Waals surface area contributed by atoms with Crippen molar-refractivity contribution in [3.63, 3.8) is 0 Å². The third-order valence-electron chi connectivity index (χ3n) is 4.63. The fourth-order valence-electron chi connectivity index (χ4n) is 3.22. The monoisotopic (exact) mass is 413 g/mol. The van der Waals surface area contributed by atoms with Crippen molar-refractivity contribution in [2.75, 3.05) is 39.3 Å². The molecule has 0 unspecified atom stereocenters. The van der Waals surface area contributed by atoms with Crippen LogP contribution in [0.3, 0.4) is 0 Å². The third-order valence-corrected chi connectivity index (χ3v) is 6.78. The lowest BCUT2D eigenvalue weighted by Gasteiger charge is -2.34. The number of aliphatic hydroxyl groups excluding tert-OH is 1. The van der Waals surface area contributed by atoms with Gasteiger partial charge in [0.2, 0.25) is 10.0 Å². The number of hydrogen-bond acceptors (Lipinski definition) is 7. The Morgan fingerprint density at radius 1 is 1.25 bits per heavy atom. The number of β-amino-alcohol motifs (C(OH)–C–C–N with tert-alkyl or cyclic N) is 1. The number of ether oxygens (including phenoxy) is 1. The molecule has 1 saturated heterocycles. The number of nitrogens with zero attached hydrogens (tertiary/aromatic N) is 3. The largest absolute Gasteiger partial charge is 0.488 e. The van der Waals surface area contributed by atoms with Crippen LogP contribution in [0.15, 0.2) is 33.7 Å². The number of aliphatic hydroxyl groups is 1. The molecule has 28 heavy (non-hydrogen) atoms. The second-order valence-electron chi connectivity index (χ2n) is 6.75. The zero-order chi connectivity index (χ0) is 20.3. The number of benzene rings is 1. The Bertz CT molecular complexity index is 890. The minimum Gasteiger partial charge on any atom is -0.488 e. The standard InChI is InChI=1S/C18H24FN3O5S/c1-13-18(14(2)27-20-13)28(24,25)22-9-7-21(8-10-22)11-15(23)12-26-17-6-4-3-5-16(17)19/h3-6,15,23H,7-12H2,1-2H3/t15-/m0/s1. The molecule has 154 valence electrons. The zero-order valence-electron chi connectivity index (χ0n) is 15.8. The van der Waals surface area contributed by atoms with E-state index in [0.29, 0.717) is 38.4 Å². The average molecular weight is 413 g/mol. The maximum atomic E-state index is 13.5. The Kier molecular flexibility index (Phi) is 6.33. The first-order chi connectivity index (χ1) is 13.3. The van der Waals surface area contributed by atoms with Crippen LogP contribution in [0.5, 0.6) is 5.75 Å². The number of rotatable bonds is 7. The van der Waals surface area contributed by atoms with Gasteiger partial charge in [0.1, 0.15) is 23.3 Å². The first-order valence-corrected chi connectivity index (χ1v) is 10.4. The number of para-hydroxylation sites is 1. The Labute approximate surface area is 163 Å². The molecule has 0 saturated carbocycles. The lowest BCUT2D eigenvalue weighted by Crippen LogP contribution is -2.50. The summed E-state index contributed by atoms with van der Waals surface area (Å²) in [6.07, 6.45) is -0.815. The molecule has 0 bridgehead atoms. The summed E-state index contributed by atoms with van der Waals surface area (Å²) in [5.41, 5.74) is 0.348. The van der Waals surface area contributed by atoms with Gasteiger partial charge in [0.05, 0.1) is 0 Å². The van der Waals surface area contributed by atoms with E-state index in [2.05, 4.69) is 5.16 Å². The molecule has 2 heterocycles. The SMILES string of the molecule is Cc1noc(C)c1S(=O)(=O)N1CCN(C[C@H](O)COc2ccccc2F)CC1. The summed E-state index contributed by atoms with van der Waals surface area (Å²) in [6.45, 7) is 4.99. The Balaban J connectivity index is 1.51. The summed E-state index contributed by atoms with van der Waals surface area (Å²) in [7, 11) is -3.66. The van der Waals surface area contributed by atoms with Crippen LogP contribution in [0, 0.1) is 19.7 Å². The average Bonchev–Trinajstić information content (AvgIpc) is 3.00. The van der Waals surface area contributed by atoms with Crippen molar-refractivity contribution in [3.8, 4) is 5.75 Å². The van der Waals surface area contributed by atoms with Gasteiger partial charge in [-0.25, -0.2) is 12.8 Å². The molecule has 1 atom stereocenters. The van der Waals surface area contributed by atoms with Gasteiger partial charge in [-0.1, -0.05) is 17.3 Å². The summed E-state index contributed by atoms with van der Waals surface area (Å²) in [4.78, 5) is 2.08. The highest BCUT2D eigenvalue weighted by Crippen LogP contribution is 2.24. The molecule has 1 aliphatic rings. The topological polar surface area (TPSA) is 96.1 Å². The molecule has 2 aromatic rings. The van der Waals surface area contributed by atoms with Crippen LogP contribution in [0.25, 0.3) is 0 Å². The van der Waals surface area contributed by atoms with Crippen LogP contribution in [0.2, 0.25) is 0 Å². The molecular weight excluding hydrogens is 389 g/mol. The quantitative estimate of drug-likeness (QED) is 0.728. The van der Waals surface area contributed by atoms with E-state index in [4.69, 9.17) is 9.26 Å². The molecular formula is C18H24FN3O5S. The fraction of sp³-hybridized carbons (Fsp3) is 0.500. The number of aryl methyl sites for hydroxylation is 2. The van der Waals surface area contributed by atoms with Crippen molar-refractivity contribution in [3.05, 3.63) is 41.5 Å². The van der Waals surface area contributed by atoms with Crippen molar-refractivity contribution in [2.45, 2.75) is 24.8 Å². The minimum atomic E-state index is -3.66. The molecule has 1 aliphatic heterocycles. The molecule has 1 fully saturated rings. The van der Waals surface area contributed by atoms with Crippen molar-refractivity contribution < 1.29 is 27.2 Å². The summed E-state index contributed by atoms with van der Waals surface area (Å²) in [5.74, 6) is -0.106. The van der Waals surface area contributed by atoms with Crippen molar-refractivity contribution in [2.24, 2.45) is 0 Å². The second kappa shape index (κ2) is 8.56. The van der Waals surface area contributed by atoms with Crippen LogP contribution in [0.4, 0.5) is 4.39 Å². The summed E-state index contributed by atoms with van der Waals surface area (Å²) >= 11 is 0. The van der Waals surface area contributed by atoms with Crippen molar-refractivity contribution >= 4 is 10.0 Å². The van der Waals surface area contributed by atoms with Gasteiger partial charge in [-0.2, -0.15) is 4.31 Å². The fourth-order valence-corrected chi connectivity index (χ4v) is 4.94. The van der Waals surface area contributed by atoms with Gasteiger partial charge < -0.3 is 14.4 Å². The van der Waals surface area contributed by atoms with E-state index in [9.17, 15) is 17.9 Å². The van der Waals surface area contributed by atoms with E-state index in [1.165, 1.54) is 16.4 Å². The van der Waals surface area contributed by atoms with E-state index in [-0.39, 0.29) is 23.0 Å². The number of aromatic nitrogens is 1. The third kappa shape index (κ3) is 4.52. The number of halogens is 1. The molecule has 10 heteroatoms. The molecule has 8 nitrogen and oxygen atoms in total. The first-order valence-electron chi connectivity index (χ1n) is 9.00. The number of piperazine rings is 1. The summed E-state index contributed by atoms with van der Waals surface area (Å²) < 4.78 is 50.9. The molecule has 0 spiro atoms. The maximum Gasteiger partial charge on any atom is 0.248 e. The molecule has 0 aliphatic carbocycles. The van der Waals surface area contributed by atoms with Crippen LogP contribution in [0.1, 0.15) is 11.5 Å². The Morgan fingerprint density at radius 2 is 1.93 bits per heavy atom. The molecule has 1 N–H and O–H groups in total. The molecule has 0 amide bonds. The van der Waals surface area contributed by atoms with Crippen LogP contribution in [-0.2, 0) is 10.0 Å². The highest BCUT2D eigenvalue weighted by Gasteiger charge is 2.33. The van der Waals surface area contributed by atoms with Crippen LogP contribution >= 0.6 is 0 Å². The lowest BCUT2D eigenvalue weighted by atomic mass is 10.3. The summed E-state index contributed by atoms with van der Waals surface area (Å²) in [6, 6.07) is 6.01. The van der Waals surface area contributed by atoms with Crippen molar-refractivity contribution in [1.29, 1.82) is 0 Å². The molecule has 0 radical (unpaired) electrons. The zero-order valence-corrected chi connectivity index (χ0v) is 16.7. The smallest absolute Gasteiger partial charge is 0.248 e. The van der Waals surface area contributed by atoms with E-state index in [0.717, 1.165) is 0 Å². The highest BCUT2D eigenvalue weighted by atomic mass is 32.2. The number of sulfonamides is 1. The second-order valence-corrected chi connectivity index (χ2v) is 8.63. The van der Waals surface area contributed by atoms with E-state index >= 15 is 0 Å². The predicted molar refractivity (Wildman–Crippen MR) is 99.1 cm³/mol. The highest BCUT2D eigenvalue weighted by molar-refractivity contribution is 7.89. The minimum absolute atomic E-state index is 0.0431. The van der Waals surface area contributed by atoms with E-state index in [1.54, 1.807) is 26.0 Å². The van der Waals surface area contributed by atoms with Gasteiger partial charge in [-0.3, -0.25) is 4.90 Å². The van der Waals surface area contributed by atoms with Crippen LogP contribution in [-0.4, -0.2) is 73.3 Å². The first kappa shape index (κ1) is 20.7. The van der Waals surface area contributed by atoms with Gasteiger partial charge in [-0.05, 0) is 26.0 Å². The predicted octanol–water partition coefficient (Wildman–Crippen LogP) is 1.18. The van der Waals surface area contributed by atoms with Gasteiger partial charge in [0.15, 0.2) is 17.3 Å². The molecule has 3 rings (SSSR count). The van der Waals surface area contributed by atoms with Crippen LogP contribution < -0.4 is 4.74 Å². The Morgan fingerprint density at radius 3 is 2.54 bits per heavy atom. The van der Waals surface area contributed by atoms with Gasteiger partial charge in [0, 0.05) is 32.7 Å². The molecule has 1 aromatic heterocycles. The molecule has 1 aromatic carbocycles. The Hall–Kier alpha value is -2.01. The van der Waals surface area contributed by atoms with E-state index in [1.807, 2.05) is 4.90 Å². The maximum absolute atomic E-state index is 13.5. The van der Waals surface area contributed by atoms with Crippen molar-refractivity contribution in [1.82, 2.24) is 14.4 Å². The van der Waals surface area contributed by atoms with Gasteiger partial charge in [0.25, 0.3) is 0 Å². The number of hydrogen-bond donors (Lipinski definition) is 1. The summed E-state index contributed by atoms with van der Waals surface area (Å²) in [5, 5.41) is 13.9. The van der Waals surface area contributed by atoms with Gasteiger partial charge >= 0.3 is 0 Å². The van der Waals surface area contributed by atoms with Gasteiger partial charge in [-0.15, -0.1) is 0 Å². The normalized spacial score (nSPS) is 17.6. The lowest BCUT2D eigenvalue weighted by molar-refractivity contribution is 0.0557.